The van der Waals surface area contributed by atoms with Gasteiger partial charge in [-0.3, -0.25) is 4.90 Å². The highest BCUT2D eigenvalue weighted by molar-refractivity contribution is 6.74. The quantitative estimate of drug-likeness (QED) is 0.750. The number of hydrogen-bond donors (Lipinski definition) is 1. The molecule has 1 saturated heterocycles. The predicted molar refractivity (Wildman–Crippen MR) is 110 cm³/mol. The van der Waals surface area contributed by atoms with Crippen LogP contribution < -0.4 is 5.32 Å². The molecule has 0 spiro atoms. The number of aromatic nitrogens is 1. The van der Waals surface area contributed by atoms with Gasteiger partial charge in [0.05, 0.1) is 6.20 Å². The Morgan fingerprint density at radius 1 is 1.41 bits per heavy atom. The molecule has 3 heterocycles. The van der Waals surface area contributed by atoms with E-state index in [1.54, 1.807) is 12.3 Å². The average Bonchev–Trinajstić information content (AvgIpc) is 3.19. The molecule has 146 valence electrons. The fourth-order valence-corrected chi connectivity index (χ4v) is 4.12. The van der Waals surface area contributed by atoms with E-state index in [9.17, 15) is 0 Å². The van der Waals surface area contributed by atoms with Crippen molar-refractivity contribution in [1.29, 1.82) is 5.26 Å². The SMILES string of the molecule is CC(C)(C)[Si](C)(C)OCCN1CCC(Nc2cc3cc(C#N)oc3cn2)C1. The largest absolute Gasteiger partial charge is 0.444 e. The van der Waals surface area contributed by atoms with Gasteiger partial charge in [0.1, 0.15) is 11.9 Å². The van der Waals surface area contributed by atoms with Gasteiger partial charge < -0.3 is 14.2 Å². The van der Waals surface area contributed by atoms with Gasteiger partial charge in [-0.05, 0) is 30.6 Å². The first-order valence-electron chi connectivity index (χ1n) is 9.60. The third-order valence-corrected chi connectivity index (χ3v) is 10.4. The first kappa shape index (κ1) is 19.9. The van der Waals surface area contributed by atoms with E-state index >= 15 is 0 Å². The van der Waals surface area contributed by atoms with Crippen molar-refractivity contribution in [3.63, 3.8) is 0 Å². The highest BCUT2D eigenvalue weighted by atomic mass is 28.4. The lowest BCUT2D eigenvalue weighted by Crippen LogP contribution is -2.42. The lowest BCUT2D eigenvalue weighted by molar-refractivity contribution is 0.222. The first-order valence-corrected chi connectivity index (χ1v) is 12.5. The van der Waals surface area contributed by atoms with Gasteiger partial charge >= 0.3 is 0 Å². The number of nitrogens with one attached hydrogen (secondary N) is 1. The molecule has 7 heteroatoms. The third-order valence-electron chi connectivity index (χ3n) is 5.82. The molecule has 1 N–H and O–H groups in total. The number of nitrogens with zero attached hydrogens (tertiary/aromatic N) is 3. The Balaban J connectivity index is 1.49. The van der Waals surface area contributed by atoms with E-state index in [0.29, 0.717) is 17.4 Å². The summed E-state index contributed by atoms with van der Waals surface area (Å²) in [5, 5.41) is 13.6. The molecular weight excluding hydrogens is 356 g/mol. The van der Waals surface area contributed by atoms with E-state index in [-0.39, 0.29) is 5.04 Å². The van der Waals surface area contributed by atoms with E-state index in [2.05, 4.69) is 49.1 Å². The van der Waals surface area contributed by atoms with Gasteiger partial charge in [0.15, 0.2) is 13.9 Å². The minimum atomic E-state index is -1.67. The molecule has 0 aromatic carbocycles. The lowest BCUT2D eigenvalue weighted by atomic mass is 10.2. The van der Waals surface area contributed by atoms with Gasteiger partial charge in [-0.2, -0.15) is 5.26 Å². The normalized spacial score (nSPS) is 18.7. The molecule has 1 unspecified atom stereocenters. The van der Waals surface area contributed by atoms with Gasteiger partial charge in [-0.15, -0.1) is 0 Å². The Kier molecular flexibility index (Phi) is 5.61. The van der Waals surface area contributed by atoms with Crippen LogP contribution in [-0.4, -0.2) is 50.5 Å². The second-order valence-electron chi connectivity index (χ2n) is 8.87. The lowest BCUT2D eigenvalue weighted by Gasteiger charge is -2.36. The number of nitriles is 1. The summed E-state index contributed by atoms with van der Waals surface area (Å²) >= 11 is 0. The standard InChI is InChI=1S/C20H30N4O2Si/c1-20(2,3)27(4,5)25-9-8-24-7-6-16(14-24)23-19-11-15-10-17(12-21)26-18(15)13-22-19/h10-11,13,16H,6-9,14H2,1-5H3,(H,22,23). The molecule has 1 fully saturated rings. The van der Waals surface area contributed by atoms with Crippen LogP contribution in [0.1, 0.15) is 33.0 Å². The fourth-order valence-electron chi connectivity index (χ4n) is 3.09. The summed E-state index contributed by atoms with van der Waals surface area (Å²) < 4.78 is 11.7. The molecule has 27 heavy (non-hydrogen) atoms. The van der Waals surface area contributed by atoms with Gasteiger partial charge in [-0.25, -0.2) is 4.98 Å². The maximum absolute atomic E-state index is 8.94. The number of pyridine rings is 1. The van der Waals surface area contributed by atoms with Crippen molar-refractivity contribution in [2.45, 2.75) is 51.4 Å². The highest BCUT2D eigenvalue weighted by Crippen LogP contribution is 2.36. The topological polar surface area (TPSA) is 74.3 Å². The number of fused-ring (bicyclic) bond motifs is 1. The molecule has 2 aromatic rings. The number of likely N-dealkylation sites (tertiary alicyclic amines) is 1. The Bertz CT molecular complexity index is 835. The summed E-state index contributed by atoms with van der Waals surface area (Å²) in [5.74, 6) is 1.15. The summed E-state index contributed by atoms with van der Waals surface area (Å²) in [7, 11) is -1.67. The smallest absolute Gasteiger partial charge is 0.204 e. The summed E-state index contributed by atoms with van der Waals surface area (Å²) in [6, 6.07) is 6.10. The van der Waals surface area contributed by atoms with Crippen LogP contribution in [0.5, 0.6) is 0 Å². The zero-order valence-electron chi connectivity index (χ0n) is 17.0. The molecule has 1 aliphatic rings. The molecule has 0 bridgehead atoms. The molecular formula is C20H30N4O2Si. The van der Waals surface area contributed by atoms with Crippen molar-refractivity contribution in [1.82, 2.24) is 9.88 Å². The van der Waals surface area contributed by atoms with Gasteiger partial charge in [0.25, 0.3) is 0 Å². The van der Waals surface area contributed by atoms with E-state index in [1.807, 2.05) is 12.1 Å². The van der Waals surface area contributed by atoms with Gasteiger partial charge in [0, 0.05) is 43.7 Å². The van der Waals surface area contributed by atoms with Crippen molar-refractivity contribution < 1.29 is 8.84 Å². The van der Waals surface area contributed by atoms with Crippen LogP contribution in [0.2, 0.25) is 18.1 Å². The summed E-state index contributed by atoms with van der Waals surface area (Å²) in [6.45, 7) is 15.3. The van der Waals surface area contributed by atoms with Gasteiger partial charge in [-0.1, -0.05) is 20.8 Å². The van der Waals surface area contributed by atoms with Crippen molar-refractivity contribution >= 4 is 25.1 Å². The Morgan fingerprint density at radius 3 is 2.89 bits per heavy atom. The average molecular weight is 387 g/mol. The number of rotatable bonds is 6. The molecule has 0 aliphatic carbocycles. The molecule has 6 nitrogen and oxygen atoms in total. The Labute approximate surface area is 162 Å². The second kappa shape index (κ2) is 7.62. The number of furan rings is 1. The van der Waals surface area contributed by atoms with Crippen molar-refractivity contribution in [2.24, 2.45) is 0 Å². The van der Waals surface area contributed by atoms with Crippen LogP contribution in [0.15, 0.2) is 22.7 Å². The number of hydrogen-bond acceptors (Lipinski definition) is 6. The predicted octanol–water partition coefficient (Wildman–Crippen LogP) is 4.21. The molecule has 0 amide bonds. The summed E-state index contributed by atoms with van der Waals surface area (Å²) in [4.78, 5) is 6.87. The Hall–Kier alpha value is -1.88. The third kappa shape index (κ3) is 4.70. The molecule has 1 aliphatic heterocycles. The fraction of sp³-hybridized carbons (Fsp3) is 0.600. The zero-order valence-corrected chi connectivity index (χ0v) is 18.0. The molecule has 0 radical (unpaired) electrons. The second-order valence-corrected chi connectivity index (χ2v) is 13.7. The van der Waals surface area contributed by atoms with Crippen molar-refractivity contribution in [2.75, 3.05) is 31.6 Å². The molecule has 3 rings (SSSR count). The van der Waals surface area contributed by atoms with Gasteiger partial charge in [0.2, 0.25) is 5.76 Å². The minimum Gasteiger partial charge on any atom is -0.444 e. The highest BCUT2D eigenvalue weighted by Gasteiger charge is 2.37. The maximum Gasteiger partial charge on any atom is 0.204 e. The molecule has 1 atom stereocenters. The summed E-state index contributed by atoms with van der Waals surface area (Å²) in [5.41, 5.74) is 0.646. The van der Waals surface area contributed by atoms with Crippen molar-refractivity contribution in [3.05, 3.63) is 24.1 Å². The van der Waals surface area contributed by atoms with E-state index in [4.69, 9.17) is 14.1 Å². The van der Waals surface area contributed by atoms with Crippen LogP contribution in [0.4, 0.5) is 5.82 Å². The molecule has 2 aromatic heterocycles. The maximum atomic E-state index is 8.94. The minimum absolute atomic E-state index is 0.255. The molecule has 0 saturated carbocycles. The first-order chi connectivity index (χ1) is 12.7. The van der Waals surface area contributed by atoms with E-state index in [0.717, 1.165) is 43.9 Å². The van der Waals surface area contributed by atoms with Crippen LogP contribution in [-0.2, 0) is 4.43 Å². The Morgan fingerprint density at radius 2 is 2.19 bits per heavy atom. The van der Waals surface area contributed by atoms with Crippen molar-refractivity contribution in [3.8, 4) is 6.07 Å². The summed E-state index contributed by atoms with van der Waals surface area (Å²) in [6.07, 6.45) is 2.77. The van der Waals surface area contributed by atoms with E-state index in [1.165, 1.54) is 0 Å². The van der Waals surface area contributed by atoms with Crippen LogP contribution in [0.25, 0.3) is 11.0 Å². The van der Waals surface area contributed by atoms with E-state index < -0.39 is 8.32 Å². The van der Waals surface area contributed by atoms with Crippen LogP contribution in [0.3, 0.4) is 0 Å². The van der Waals surface area contributed by atoms with Crippen LogP contribution in [0, 0.1) is 11.3 Å². The van der Waals surface area contributed by atoms with Crippen LogP contribution >= 0.6 is 0 Å². The monoisotopic (exact) mass is 386 g/mol. The zero-order chi connectivity index (χ0) is 19.7. The number of anilines is 1.